The molecule has 0 aliphatic heterocycles. The predicted octanol–water partition coefficient (Wildman–Crippen LogP) is 9.87. The van der Waals surface area contributed by atoms with Crippen LogP contribution < -0.4 is 15.0 Å². The zero-order valence-corrected chi connectivity index (χ0v) is 30.3. The quantitative estimate of drug-likeness (QED) is 0.110. The van der Waals surface area contributed by atoms with Crippen molar-refractivity contribution in [2.45, 2.75) is 40.2 Å². The van der Waals surface area contributed by atoms with E-state index in [1.165, 1.54) is 4.68 Å². The van der Waals surface area contributed by atoms with Crippen LogP contribution in [0.15, 0.2) is 76.6 Å². The van der Waals surface area contributed by atoms with Gasteiger partial charge in [-0.25, -0.2) is 4.98 Å². The first-order valence-electron chi connectivity index (χ1n) is 14.0. The lowest BCUT2D eigenvalue weighted by Crippen LogP contribution is -2.21. The standard InChI is InChI=1S/C34H29Cl2I2N3O3/c1-5-43-31-12-20(4)26(16-25(31)19(2)3)33-40-30-9-7-6-8-24(30)34(42)41(33)39-17-21-13-28(37)32(29(38)14-21)44-18-22-10-11-23(35)15-27(22)36/h6-17,19H,5,18H2,1-4H3. The minimum absolute atomic E-state index is 0.209. The van der Waals surface area contributed by atoms with Gasteiger partial charge in [-0.1, -0.05) is 55.2 Å². The molecule has 0 atom stereocenters. The number of para-hydroxylation sites is 1. The summed E-state index contributed by atoms with van der Waals surface area (Å²) in [4.78, 5) is 18.8. The van der Waals surface area contributed by atoms with Gasteiger partial charge in [0.15, 0.2) is 5.82 Å². The molecule has 0 N–H and O–H groups in total. The molecule has 44 heavy (non-hydrogen) atoms. The van der Waals surface area contributed by atoms with Crippen molar-refractivity contribution in [2.75, 3.05) is 6.61 Å². The lowest BCUT2D eigenvalue weighted by molar-refractivity contribution is 0.302. The van der Waals surface area contributed by atoms with Crippen LogP contribution in [0.4, 0.5) is 0 Å². The summed E-state index contributed by atoms with van der Waals surface area (Å²) in [7, 11) is 0. The van der Waals surface area contributed by atoms with Crippen LogP contribution in [0, 0.1) is 14.1 Å². The molecule has 5 aromatic rings. The number of nitrogens with zero attached hydrogens (tertiary/aromatic N) is 3. The number of hydrogen-bond acceptors (Lipinski definition) is 5. The maximum Gasteiger partial charge on any atom is 0.282 e. The second-order valence-electron chi connectivity index (χ2n) is 10.4. The van der Waals surface area contributed by atoms with E-state index < -0.39 is 0 Å². The monoisotopic (exact) mass is 851 g/mol. The predicted molar refractivity (Wildman–Crippen MR) is 197 cm³/mol. The molecule has 1 aromatic heterocycles. The van der Waals surface area contributed by atoms with E-state index in [0.29, 0.717) is 40.0 Å². The van der Waals surface area contributed by atoms with Crippen LogP contribution in [-0.2, 0) is 6.61 Å². The summed E-state index contributed by atoms with van der Waals surface area (Å²) >= 11 is 16.9. The Morgan fingerprint density at radius 3 is 2.41 bits per heavy atom. The SMILES string of the molecule is CCOc1cc(C)c(-c2nc3ccccc3c(=O)n2N=Cc2cc(I)c(OCc3ccc(Cl)cc3Cl)c(I)c2)cc1C(C)C. The number of aromatic nitrogens is 2. The molecule has 0 amide bonds. The van der Waals surface area contributed by atoms with Gasteiger partial charge >= 0.3 is 0 Å². The normalized spacial score (nSPS) is 11.6. The molecule has 0 bridgehead atoms. The molecular formula is C34H29Cl2I2N3O3. The largest absolute Gasteiger partial charge is 0.494 e. The number of ether oxygens (including phenoxy) is 2. The Labute approximate surface area is 293 Å². The zero-order chi connectivity index (χ0) is 31.5. The van der Waals surface area contributed by atoms with Crippen LogP contribution in [0.1, 0.15) is 48.9 Å². The van der Waals surface area contributed by atoms with Crippen molar-refractivity contribution in [2.24, 2.45) is 5.10 Å². The van der Waals surface area contributed by atoms with Gasteiger partial charge in [0, 0.05) is 21.2 Å². The Hall–Kier alpha value is -2.67. The van der Waals surface area contributed by atoms with E-state index in [1.807, 2.05) is 56.3 Å². The molecule has 0 fully saturated rings. The molecule has 0 saturated heterocycles. The molecule has 0 radical (unpaired) electrons. The van der Waals surface area contributed by atoms with Gasteiger partial charge in [-0.15, -0.1) is 0 Å². The molecule has 10 heteroatoms. The van der Waals surface area contributed by atoms with Gasteiger partial charge in [0.05, 0.1) is 30.9 Å². The molecule has 6 nitrogen and oxygen atoms in total. The third kappa shape index (κ3) is 7.08. The molecular weight excluding hydrogens is 823 g/mol. The Morgan fingerprint density at radius 2 is 1.73 bits per heavy atom. The van der Waals surface area contributed by atoms with E-state index in [-0.39, 0.29) is 11.5 Å². The van der Waals surface area contributed by atoms with Gasteiger partial charge in [-0.2, -0.15) is 9.78 Å². The Bertz CT molecular complexity index is 1930. The summed E-state index contributed by atoms with van der Waals surface area (Å²) in [6.45, 7) is 9.08. The van der Waals surface area contributed by atoms with Crippen LogP contribution in [0.2, 0.25) is 10.0 Å². The third-order valence-electron chi connectivity index (χ3n) is 7.00. The molecule has 4 aromatic carbocycles. The minimum atomic E-state index is -0.245. The lowest BCUT2D eigenvalue weighted by atomic mass is 9.96. The van der Waals surface area contributed by atoms with E-state index in [1.54, 1.807) is 24.4 Å². The van der Waals surface area contributed by atoms with E-state index in [9.17, 15) is 4.79 Å². The van der Waals surface area contributed by atoms with Gasteiger partial charge in [-0.05, 0) is 130 Å². The van der Waals surface area contributed by atoms with E-state index in [2.05, 4.69) is 65.1 Å². The van der Waals surface area contributed by atoms with Crippen molar-refractivity contribution in [3.63, 3.8) is 0 Å². The van der Waals surface area contributed by atoms with Crippen molar-refractivity contribution in [3.05, 3.63) is 117 Å². The Kier molecular flexibility index (Phi) is 10.5. The van der Waals surface area contributed by atoms with Crippen molar-refractivity contribution in [1.82, 2.24) is 9.66 Å². The zero-order valence-electron chi connectivity index (χ0n) is 24.5. The average Bonchev–Trinajstić information content (AvgIpc) is 2.97. The molecule has 0 saturated carbocycles. The number of halogens is 4. The van der Waals surface area contributed by atoms with Gasteiger partial charge < -0.3 is 9.47 Å². The fraction of sp³-hybridized carbons (Fsp3) is 0.206. The maximum atomic E-state index is 13.8. The van der Waals surface area contributed by atoms with Crippen LogP contribution in [0.5, 0.6) is 11.5 Å². The van der Waals surface area contributed by atoms with Crippen LogP contribution in [0.25, 0.3) is 22.3 Å². The highest BCUT2D eigenvalue weighted by atomic mass is 127. The summed E-state index contributed by atoms with van der Waals surface area (Å²) < 4.78 is 15.3. The number of fused-ring (bicyclic) bond motifs is 1. The molecule has 0 aliphatic rings. The minimum Gasteiger partial charge on any atom is -0.494 e. The first-order chi connectivity index (χ1) is 21.1. The molecule has 0 spiro atoms. The first kappa shape index (κ1) is 32.7. The van der Waals surface area contributed by atoms with Crippen LogP contribution in [0.3, 0.4) is 0 Å². The smallest absolute Gasteiger partial charge is 0.282 e. The summed E-state index contributed by atoms with van der Waals surface area (Å²) in [6, 6.07) is 20.7. The van der Waals surface area contributed by atoms with E-state index in [4.69, 9.17) is 42.8 Å². The Balaban J connectivity index is 1.56. The Morgan fingerprint density at radius 1 is 1.00 bits per heavy atom. The molecule has 1 heterocycles. The topological polar surface area (TPSA) is 65.7 Å². The van der Waals surface area contributed by atoms with Gasteiger partial charge in [0.2, 0.25) is 0 Å². The molecule has 5 rings (SSSR count). The highest BCUT2D eigenvalue weighted by molar-refractivity contribution is 14.1. The second-order valence-corrected chi connectivity index (χ2v) is 13.6. The lowest BCUT2D eigenvalue weighted by Gasteiger charge is -2.18. The van der Waals surface area contributed by atoms with Crippen molar-refractivity contribution < 1.29 is 9.47 Å². The number of hydrogen-bond donors (Lipinski definition) is 0. The molecule has 0 aliphatic carbocycles. The summed E-state index contributed by atoms with van der Waals surface area (Å²) in [5.41, 5.74) is 4.84. The molecule has 226 valence electrons. The van der Waals surface area contributed by atoms with Crippen molar-refractivity contribution in [3.8, 4) is 22.9 Å². The number of aryl methyl sites for hydroxylation is 1. The van der Waals surface area contributed by atoms with E-state index >= 15 is 0 Å². The summed E-state index contributed by atoms with van der Waals surface area (Å²) in [5, 5.41) is 6.34. The van der Waals surface area contributed by atoms with Crippen molar-refractivity contribution >= 4 is 85.5 Å². The highest BCUT2D eigenvalue weighted by Crippen LogP contribution is 2.35. The van der Waals surface area contributed by atoms with Crippen LogP contribution >= 0.6 is 68.4 Å². The van der Waals surface area contributed by atoms with Gasteiger partial charge in [0.1, 0.15) is 18.1 Å². The van der Waals surface area contributed by atoms with Crippen molar-refractivity contribution in [1.29, 1.82) is 0 Å². The van der Waals surface area contributed by atoms with Gasteiger partial charge in [0.25, 0.3) is 5.56 Å². The van der Waals surface area contributed by atoms with Gasteiger partial charge in [-0.3, -0.25) is 4.79 Å². The first-order valence-corrected chi connectivity index (χ1v) is 16.9. The summed E-state index contributed by atoms with van der Waals surface area (Å²) in [5.74, 6) is 2.26. The highest BCUT2D eigenvalue weighted by Gasteiger charge is 2.19. The molecule has 0 unspecified atom stereocenters. The van der Waals surface area contributed by atoms with Crippen LogP contribution in [-0.4, -0.2) is 22.5 Å². The fourth-order valence-corrected chi connectivity index (χ4v) is 7.37. The maximum absolute atomic E-state index is 13.8. The number of benzene rings is 4. The third-order valence-corrected chi connectivity index (χ3v) is 9.19. The average molecular weight is 852 g/mol. The second kappa shape index (κ2) is 14.2. The fourth-order valence-electron chi connectivity index (χ4n) is 4.78. The summed E-state index contributed by atoms with van der Waals surface area (Å²) in [6.07, 6.45) is 1.68. The number of rotatable bonds is 9. The van der Waals surface area contributed by atoms with E-state index in [0.717, 1.165) is 46.5 Å².